The third-order valence-corrected chi connectivity index (χ3v) is 2.81. The molecule has 0 aliphatic rings. The molecule has 2 nitrogen and oxygen atoms in total. The lowest BCUT2D eigenvalue weighted by Gasteiger charge is -2.07. The molecule has 0 saturated carbocycles. The molecule has 1 N–H and O–H groups in total. The molecule has 0 heterocycles. The summed E-state index contributed by atoms with van der Waals surface area (Å²) in [7, 11) is 1.96. The van der Waals surface area contributed by atoms with Gasteiger partial charge in [-0.15, -0.1) is 0 Å². The Labute approximate surface area is 109 Å². The van der Waals surface area contributed by atoms with Gasteiger partial charge in [0.1, 0.15) is 5.75 Å². The first kappa shape index (κ1) is 12.7. The van der Waals surface area contributed by atoms with Crippen LogP contribution in [0.2, 0.25) is 0 Å². The number of hydrogen-bond acceptors (Lipinski definition) is 2. The van der Waals surface area contributed by atoms with Gasteiger partial charge >= 0.3 is 0 Å². The highest BCUT2D eigenvalue weighted by molar-refractivity contribution is 5.64. The van der Waals surface area contributed by atoms with Crippen LogP contribution < -0.4 is 10.1 Å². The second-order valence-corrected chi connectivity index (χ2v) is 4.19. The lowest BCUT2D eigenvalue weighted by molar-refractivity contribution is 0.340. The fourth-order valence-electron chi connectivity index (χ4n) is 1.98. The largest absolute Gasteiger partial charge is 0.494 e. The van der Waals surface area contributed by atoms with Crippen molar-refractivity contribution in [2.75, 3.05) is 13.7 Å². The number of nitrogens with one attached hydrogen (secondary N) is 1. The van der Waals surface area contributed by atoms with E-state index in [9.17, 15) is 0 Å². The highest BCUT2D eigenvalue weighted by Crippen LogP contribution is 2.23. The molecule has 0 amide bonds. The van der Waals surface area contributed by atoms with Crippen molar-refractivity contribution in [1.29, 1.82) is 0 Å². The van der Waals surface area contributed by atoms with Crippen LogP contribution in [-0.4, -0.2) is 13.7 Å². The van der Waals surface area contributed by atoms with Gasteiger partial charge < -0.3 is 10.1 Å². The summed E-state index contributed by atoms with van der Waals surface area (Å²) in [6.07, 6.45) is 0. The molecule has 18 heavy (non-hydrogen) atoms. The average Bonchev–Trinajstić information content (AvgIpc) is 2.41. The Morgan fingerprint density at radius 1 is 1.00 bits per heavy atom. The van der Waals surface area contributed by atoms with Crippen LogP contribution in [0.1, 0.15) is 12.5 Å². The highest BCUT2D eigenvalue weighted by Gasteiger charge is 2.00. The minimum absolute atomic E-state index is 0.705. The summed E-state index contributed by atoms with van der Waals surface area (Å²) in [5.74, 6) is 0.924. The smallest absolute Gasteiger partial charge is 0.119 e. The first-order valence-electron chi connectivity index (χ1n) is 6.30. The third kappa shape index (κ3) is 3.11. The van der Waals surface area contributed by atoms with Crippen molar-refractivity contribution < 1.29 is 4.74 Å². The molecule has 2 aromatic rings. The van der Waals surface area contributed by atoms with E-state index in [2.05, 4.69) is 41.7 Å². The maximum absolute atomic E-state index is 5.45. The predicted octanol–water partition coefficient (Wildman–Crippen LogP) is 3.47. The molecule has 2 aromatic carbocycles. The van der Waals surface area contributed by atoms with E-state index in [-0.39, 0.29) is 0 Å². The summed E-state index contributed by atoms with van der Waals surface area (Å²) in [5.41, 5.74) is 3.76. The van der Waals surface area contributed by atoms with Crippen molar-refractivity contribution in [1.82, 2.24) is 5.32 Å². The van der Waals surface area contributed by atoms with E-state index in [0.29, 0.717) is 6.61 Å². The Morgan fingerprint density at radius 2 is 1.78 bits per heavy atom. The number of hydrogen-bond donors (Lipinski definition) is 1. The van der Waals surface area contributed by atoms with Gasteiger partial charge in [-0.2, -0.15) is 0 Å². The number of ether oxygens (including phenoxy) is 1. The van der Waals surface area contributed by atoms with Crippen LogP contribution in [-0.2, 0) is 6.54 Å². The molecule has 0 saturated heterocycles. The van der Waals surface area contributed by atoms with Crippen LogP contribution in [0.3, 0.4) is 0 Å². The van der Waals surface area contributed by atoms with Crippen LogP contribution in [0.5, 0.6) is 5.75 Å². The van der Waals surface area contributed by atoms with E-state index < -0.39 is 0 Å². The molecule has 0 spiro atoms. The minimum atomic E-state index is 0.705. The zero-order valence-corrected chi connectivity index (χ0v) is 10.9. The minimum Gasteiger partial charge on any atom is -0.494 e. The Balaban J connectivity index is 2.22. The molecule has 0 radical (unpaired) electrons. The van der Waals surface area contributed by atoms with Gasteiger partial charge in [0.05, 0.1) is 6.61 Å². The van der Waals surface area contributed by atoms with E-state index in [1.807, 2.05) is 26.1 Å². The Morgan fingerprint density at radius 3 is 2.44 bits per heavy atom. The zero-order valence-electron chi connectivity index (χ0n) is 10.9. The zero-order chi connectivity index (χ0) is 12.8. The molecule has 2 rings (SSSR count). The summed E-state index contributed by atoms with van der Waals surface area (Å²) in [4.78, 5) is 0. The average molecular weight is 241 g/mol. The van der Waals surface area contributed by atoms with Gasteiger partial charge in [-0.1, -0.05) is 30.3 Å². The topological polar surface area (TPSA) is 21.3 Å². The van der Waals surface area contributed by atoms with Crippen molar-refractivity contribution in [3.8, 4) is 16.9 Å². The van der Waals surface area contributed by atoms with Crippen molar-refractivity contribution in [2.45, 2.75) is 13.5 Å². The first-order chi connectivity index (χ1) is 8.83. The maximum atomic E-state index is 5.45. The molecule has 0 aromatic heterocycles. The molecule has 2 heteroatoms. The van der Waals surface area contributed by atoms with E-state index in [1.54, 1.807) is 0 Å². The quantitative estimate of drug-likeness (QED) is 0.865. The highest BCUT2D eigenvalue weighted by atomic mass is 16.5. The molecule has 0 bridgehead atoms. The lowest BCUT2D eigenvalue weighted by Crippen LogP contribution is -2.04. The Kier molecular flexibility index (Phi) is 4.37. The molecule has 0 atom stereocenters. The Bertz CT molecular complexity index is 491. The van der Waals surface area contributed by atoms with E-state index in [1.165, 1.54) is 16.7 Å². The number of benzene rings is 2. The normalized spacial score (nSPS) is 10.3. The van der Waals surface area contributed by atoms with Gasteiger partial charge in [0.25, 0.3) is 0 Å². The molecule has 94 valence electrons. The molecule has 0 aliphatic carbocycles. The standard InChI is InChI=1S/C16H19NO/c1-3-18-16-9-7-14(8-10-16)15-6-4-5-13(11-15)12-17-2/h4-11,17H,3,12H2,1-2H3. The summed E-state index contributed by atoms with van der Waals surface area (Å²) in [6, 6.07) is 16.8. The second-order valence-electron chi connectivity index (χ2n) is 4.19. The predicted molar refractivity (Wildman–Crippen MR) is 75.8 cm³/mol. The Hall–Kier alpha value is -1.80. The van der Waals surface area contributed by atoms with Gasteiger partial charge in [0.15, 0.2) is 0 Å². The second kappa shape index (κ2) is 6.22. The van der Waals surface area contributed by atoms with Crippen LogP contribution >= 0.6 is 0 Å². The lowest BCUT2D eigenvalue weighted by atomic mass is 10.0. The molecule has 0 unspecified atom stereocenters. The van der Waals surface area contributed by atoms with Crippen molar-refractivity contribution in [3.05, 3.63) is 54.1 Å². The van der Waals surface area contributed by atoms with Crippen LogP contribution in [0, 0.1) is 0 Å². The van der Waals surface area contributed by atoms with Gasteiger partial charge in [-0.3, -0.25) is 0 Å². The van der Waals surface area contributed by atoms with E-state index >= 15 is 0 Å². The summed E-state index contributed by atoms with van der Waals surface area (Å²) >= 11 is 0. The fourth-order valence-corrected chi connectivity index (χ4v) is 1.98. The van der Waals surface area contributed by atoms with Gasteiger partial charge in [-0.25, -0.2) is 0 Å². The van der Waals surface area contributed by atoms with Crippen molar-refractivity contribution >= 4 is 0 Å². The van der Waals surface area contributed by atoms with Crippen LogP contribution in [0.4, 0.5) is 0 Å². The maximum Gasteiger partial charge on any atom is 0.119 e. The monoisotopic (exact) mass is 241 g/mol. The van der Waals surface area contributed by atoms with Gasteiger partial charge in [0, 0.05) is 6.54 Å². The van der Waals surface area contributed by atoms with Gasteiger partial charge in [-0.05, 0) is 48.9 Å². The van der Waals surface area contributed by atoms with Gasteiger partial charge in [0.2, 0.25) is 0 Å². The summed E-state index contributed by atoms with van der Waals surface area (Å²) in [5, 5.41) is 3.17. The molecule has 0 aliphatic heterocycles. The molecule has 0 fully saturated rings. The molecular formula is C16H19NO. The number of rotatable bonds is 5. The third-order valence-electron chi connectivity index (χ3n) is 2.81. The SMILES string of the molecule is CCOc1ccc(-c2cccc(CNC)c2)cc1. The molecular weight excluding hydrogens is 222 g/mol. The fraction of sp³-hybridized carbons (Fsp3) is 0.250. The first-order valence-corrected chi connectivity index (χ1v) is 6.30. The van der Waals surface area contributed by atoms with E-state index in [4.69, 9.17) is 4.74 Å². The van der Waals surface area contributed by atoms with Crippen LogP contribution in [0.15, 0.2) is 48.5 Å². The van der Waals surface area contributed by atoms with Crippen LogP contribution in [0.25, 0.3) is 11.1 Å². The summed E-state index contributed by atoms with van der Waals surface area (Å²) < 4.78 is 5.45. The van der Waals surface area contributed by atoms with Crippen molar-refractivity contribution in [2.24, 2.45) is 0 Å². The van der Waals surface area contributed by atoms with Crippen molar-refractivity contribution in [3.63, 3.8) is 0 Å². The summed E-state index contributed by atoms with van der Waals surface area (Å²) in [6.45, 7) is 3.59. The van der Waals surface area contributed by atoms with E-state index in [0.717, 1.165) is 12.3 Å².